The molecule has 3 atom stereocenters. The molecule has 0 amide bonds. The summed E-state index contributed by atoms with van der Waals surface area (Å²) in [6, 6.07) is 8.60. The SMILES string of the molecule is Cc1ccc(OC(C)(C)[C@H]2OC[C@@H](CCC/C=C\C(=O)O)[C@@H](c3cccnc3)O2)c([N+](=O)[O-])c1. The molecule has 0 radical (unpaired) electrons. The lowest BCUT2D eigenvalue weighted by Gasteiger charge is -2.43. The number of unbranched alkanes of at least 4 members (excludes halogenated alkanes) is 1. The number of aliphatic carboxylic acids is 1. The third-order valence-corrected chi connectivity index (χ3v) is 5.63. The van der Waals surface area contributed by atoms with Crippen LogP contribution in [0.2, 0.25) is 0 Å². The average Bonchev–Trinajstić information content (AvgIpc) is 2.80. The van der Waals surface area contributed by atoms with Gasteiger partial charge in [-0.15, -0.1) is 0 Å². The fraction of sp³-hybridized carbons (Fsp3) is 0.440. The first-order valence-corrected chi connectivity index (χ1v) is 11.2. The smallest absolute Gasteiger partial charge is 0.327 e. The first kappa shape index (κ1) is 25.3. The summed E-state index contributed by atoms with van der Waals surface area (Å²) in [6.45, 7) is 5.73. The van der Waals surface area contributed by atoms with Crippen LogP contribution in [0.3, 0.4) is 0 Å². The third-order valence-electron chi connectivity index (χ3n) is 5.63. The van der Waals surface area contributed by atoms with Gasteiger partial charge < -0.3 is 19.3 Å². The van der Waals surface area contributed by atoms with Gasteiger partial charge in [0.2, 0.25) is 0 Å². The zero-order valence-corrected chi connectivity index (χ0v) is 19.5. The molecule has 9 nitrogen and oxygen atoms in total. The topological polar surface area (TPSA) is 121 Å². The number of carbonyl (C=O) groups is 1. The molecule has 9 heteroatoms. The standard InChI is InChI=1S/C25H30N2O7/c1-17-11-12-21(20(14-17)27(30)31)34-25(2,3)24-32-16-19(8-5-4-6-10-22(28)29)23(33-24)18-9-7-13-26-15-18/h6-7,9-15,19,23-24H,4-5,8,16H2,1-3H3,(H,28,29)/b10-6-/t19-,23-,24+/m1/s1. The molecule has 1 fully saturated rings. The van der Waals surface area contributed by atoms with Gasteiger partial charge in [0.25, 0.3) is 0 Å². The maximum absolute atomic E-state index is 11.5. The number of ether oxygens (including phenoxy) is 3. The van der Waals surface area contributed by atoms with Gasteiger partial charge in [-0.25, -0.2) is 4.79 Å². The molecule has 0 unspecified atom stereocenters. The van der Waals surface area contributed by atoms with Gasteiger partial charge in [-0.1, -0.05) is 18.2 Å². The van der Waals surface area contributed by atoms with Crippen molar-refractivity contribution in [1.29, 1.82) is 0 Å². The van der Waals surface area contributed by atoms with Crippen LogP contribution in [0.4, 0.5) is 5.69 Å². The Morgan fingerprint density at radius 3 is 2.85 bits per heavy atom. The number of nitro benzene ring substituents is 1. The predicted octanol–water partition coefficient (Wildman–Crippen LogP) is 5.00. The van der Waals surface area contributed by atoms with Crippen molar-refractivity contribution in [2.45, 2.75) is 58.0 Å². The van der Waals surface area contributed by atoms with Crippen LogP contribution < -0.4 is 4.74 Å². The van der Waals surface area contributed by atoms with Crippen molar-refractivity contribution in [3.63, 3.8) is 0 Å². The molecule has 34 heavy (non-hydrogen) atoms. The summed E-state index contributed by atoms with van der Waals surface area (Å²) in [5.41, 5.74) is 0.536. The molecule has 2 heterocycles. The second kappa shape index (κ2) is 11.2. The number of nitrogens with zero attached hydrogens (tertiary/aromatic N) is 2. The van der Waals surface area contributed by atoms with Gasteiger partial charge in [0.05, 0.1) is 17.6 Å². The molecule has 1 aliphatic heterocycles. The van der Waals surface area contributed by atoms with E-state index >= 15 is 0 Å². The van der Waals surface area contributed by atoms with E-state index in [0.29, 0.717) is 13.0 Å². The highest BCUT2D eigenvalue weighted by atomic mass is 16.7. The van der Waals surface area contributed by atoms with Gasteiger partial charge in [0, 0.05) is 30.5 Å². The number of pyridine rings is 1. The number of aromatic nitrogens is 1. The number of benzene rings is 1. The van der Waals surface area contributed by atoms with Gasteiger partial charge in [0.15, 0.2) is 17.6 Å². The molecular formula is C25H30N2O7. The lowest BCUT2D eigenvalue weighted by atomic mass is 9.90. The Kier molecular flexibility index (Phi) is 8.36. The van der Waals surface area contributed by atoms with Crippen LogP contribution in [0.1, 0.15) is 50.3 Å². The molecule has 1 aromatic heterocycles. The third kappa shape index (κ3) is 6.61. The fourth-order valence-electron chi connectivity index (χ4n) is 3.95. The Bertz CT molecular complexity index is 1020. The van der Waals surface area contributed by atoms with E-state index in [0.717, 1.165) is 30.0 Å². The van der Waals surface area contributed by atoms with Crippen molar-refractivity contribution in [1.82, 2.24) is 4.98 Å². The Labute approximate surface area is 198 Å². The van der Waals surface area contributed by atoms with Crippen LogP contribution in [0.15, 0.2) is 54.9 Å². The molecule has 0 aliphatic carbocycles. The van der Waals surface area contributed by atoms with E-state index in [1.165, 1.54) is 6.07 Å². The number of nitro groups is 1. The maximum Gasteiger partial charge on any atom is 0.327 e. The Hall–Kier alpha value is -3.30. The summed E-state index contributed by atoms with van der Waals surface area (Å²) in [5, 5.41) is 20.3. The van der Waals surface area contributed by atoms with Gasteiger partial charge >= 0.3 is 11.7 Å². The predicted molar refractivity (Wildman–Crippen MR) is 124 cm³/mol. The van der Waals surface area contributed by atoms with Crippen molar-refractivity contribution in [3.05, 3.63) is 76.1 Å². The summed E-state index contributed by atoms with van der Waals surface area (Å²) in [7, 11) is 0. The van der Waals surface area contributed by atoms with E-state index in [1.54, 1.807) is 51.4 Å². The minimum Gasteiger partial charge on any atom is -0.478 e. The van der Waals surface area contributed by atoms with Crippen LogP contribution in [0.5, 0.6) is 5.75 Å². The van der Waals surface area contributed by atoms with E-state index in [1.807, 2.05) is 12.1 Å². The highest BCUT2D eigenvalue weighted by molar-refractivity contribution is 5.79. The van der Waals surface area contributed by atoms with E-state index in [-0.39, 0.29) is 23.5 Å². The van der Waals surface area contributed by atoms with Crippen LogP contribution >= 0.6 is 0 Å². The number of rotatable bonds is 10. The minimum atomic E-state index is -1.02. The maximum atomic E-state index is 11.5. The molecule has 1 saturated heterocycles. The first-order valence-electron chi connectivity index (χ1n) is 11.2. The van der Waals surface area contributed by atoms with Crippen molar-refractivity contribution in [2.24, 2.45) is 5.92 Å². The van der Waals surface area contributed by atoms with Crippen molar-refractivity contribution < 1.29 is 29.0 Å². The molecule has 1 N–H and O–H groups in total. The van der Waals surface area contributed by atoms with Crippen molar-refractivity contribution >= 4 is 11.7 Å². The summed E-state index contributed by atoms with van der Waals surface area (Å²) in [6.07, 6.45) is 7.32. The van der Waals surface area contributed by atoms with Crippen LogP contribution in [-0.4, -0.2) is 39.5 Å². The lowest BCUT2D eigenvalue weighted by Crippen LogP contribution is -2.50. The molecule has 0 saturated carbocycles. The van der Waals surface area contributed by atoms with Gasteiger partial charge in [0.1, 0.15) is 0 Å². The van der Waals surface area contributed by atoms with Gasteiger partial charge in [-0.2, -0.15) is 0 Å². The number of allylic oxidation sites excluding steroid dienone is 1. The van der Waals surface area contributed by atoms with Crippen LogP contribution in [-0.2, 0) is 14.3 Å². The van der Waals surface area contributed by atoms with Crippen LogP contribution in [0.25, 0.3) is 0 Å². The summed E-state index contributed by atoms with van der Waals surface area (Å²) in [4.78, 5) is 25.9. The first-order chi connectivity index (χ1) is 16.2. The Morgan fingerprint density at radius 2 is 2.18 bits per heavy atom. The Morgan fingerprint density at radius 1 is 1.38 bits per heavy atom. The molecule has 182 valence electrons. The quantitative estimate of drug-likeness (QED) is 0.223. The zero-order valence-electron chi connectivity index (χ0n) is 19.5. The Balaban J connectivity index is 1.75. The highest BCUT2D eigenvalue weighted by Crippen LogP contribution is 2.40. The van der Waals surface area contributed by atoms with Crippen molar-refractivity contribution in [2.75, 3.05) is 6.61 Å². The van der Waals surface area contributed by atoms with Gasteiger partial charge in [-0.05, 0) is 63.3 Å². The van der Waals surface area contributed by atoms with Crippen LogP contribution in [0, 0.1) is 23.0 Å². The monoisotopic (exact) mass is 470 g/mol. The molecule has 2 aromatic rings. The molecule has 3 rings (SSSR count). The lowest BCUT2D eigenvalue weighted by molar-refractivity contribution is -0.386. The second-order valence-electron chi connectivity index (χ2n) is 8.87. The average molecular weight is 471 g/mol. The number of carboxylic acid groups (broad SMARTS) is 1. The van der Waals surface area contributed by atoms with E-state index < -0.39 is 22.8 Å². The second-order valence-corrected chi connectivity index (χ2v) is 8.87. The molecule has 1 aliphatic rings. The number of hydrogen-bond donors (Lipinski definition) is 1. The molecule has 1 aromatic carbocycles. The molecular weight excluding hydrogens is 440 g/mol. The fourth-order valence-corrected chi connectivity index (χ4v) is 3.95. The highest BCUT2D eigenvalue weighted by Gasteiger charge is 2.43. The van der Waals surface area contributed by atoms with Crippen molar-refractivity contribution in [3.8, 4) is 5.75 Å². The molecule has 0 spiro atoms. The molecule has 0 bridgehead atoms. The minimum absolute atomic E-state index is 0.0307. The number of aryl methyl sites for hydroxylation is 1. The normalized spacial score (nSPS) is 20.9. The summed E-state index contributed by atoms with van der Waals surface area (Å²) >= 11 is 0. The summed E-state index contributed by atoms with van der Waals surface area (Å²) < 4.78 is 18.5. The van der Waals surface area contributed by atoms with E-state index in [2.05, 4.69) is 4.98 Å². The van der Waals surface area contributed by atoms with Gasteiger partial charge in [-0.3, -0.25) is 15.1 Å². The van der Waals surface area contributed by atoms with E-state index in [9.17, 15) is 14.9 Å². The van der Waals surface area contributed by atoms with E-state index in [4.69, 9.17) is 19.3 Å². The summed E-state index contributed by atoms with van der Waals surface area (Å²) in [5.74, 6) is -0.780. The zero-order chi connectivity index (χ0) is 24.7. The number of hydrogen-bond acceptors (Lipinski definition) is 7. The largest absolute Gasteiger partial charge is 0.478 e. The number of carboxylic acids is 1.